The van der Waals surface area contributed by atoms with Crippen molar-refractivity contribution in [3.8, 4) is 0 Å². The second kappa shape index (κ2) is 5.97. The number of anilines is 1. The molecule has 3 rings (SSSR count). The number of rotatable bonds is 4. The van der Waals surface area contributed by atoms with Crippen molar-refractivity contribution < 1.29 is 0 Å². The quantitative estimate of drug-likeness (QED) is 0.567. The summed E-state index contributed by atoms with van der Waals surface area (Å²) in [6.07, 6.45) is 1.61. The van der Waals surface area contributed by atoms with Crippen molar-refractivity contribution in [1.29, 1.82) is 0 Å². The van der Waals surface area contributed by atoms with Gasteiger partial charge in [0.1, 0.15) is 10.7 Å². The summed E-state index contributed by atoms with van der Waals surface area (Å²) in [7, 11) is 0. The summed E-state index contributed by atoms with van der Waals surface area (Å²) in [6, 6.07) is 9.82. The third-order valence-electron chi connectivity index (χ3n) is 3.23. The van der Waals surface area contributed by atoms with Crippen LogP contribution in [0.4, 0.5) is 5.82 Å². The zero-order chi connectivity index (χ0) is 14.8. The molecule has 0 bridgehead atoms. The highest BCUT2D eigenvalue weighted by atomic mass is 35.5. The molecule has 0 aliphatic carbocycles. The SMILES string of the molecule is CCc1cc2c(NN)nc(Cc3cccc(Cl)c3)nc2s1. The third kappa shape index (κ3) is 3.00. The van der Waals surface area contributed by atoms with Gasteiger partial charge in [0.05, 0.1) is 5.39 Å². The number of nitrogens with two attached hydrogens (primary N) is 1. The van der Waals surface area contributed by atoms with Gasteiger partial charge in [-0.05, 0) is 30.2 Å². The van der Waals surface area contributed by atoms with Crippen LogP contribution in [0.1, 0.15) is 23.2 Å². The van der Waals surface area contributed by atoms with Crippen molar-refractivity contribution in [2.75, 3.05) is 5.43 Å². The number of nitrogens with one attached hydrogen (secondary N) is 1. The summed E-state index contributed by atoms with van der Waals surface area (Å²) in [5.41, 5.74) is 3.76. The molecule has 0 unspecified atom stereocenters. The van der Waals surface area contributed by atoms with E-state index in [1.165, 1.54) is 4.88 Å². The molecule has 2 aromatic heterocycles. The number of aromatic nitrogens is 2. The Morgan fingerprint density at radius 3 is 2.86 bits per heavy atom. The molecule has 4 nitrogen and oxygen atoms in total. The molecular formula is C15H15ClN4S. The van der Waals surface area contributed by atoms with E-state index in [0.717, 1.165) is 33.0 Å². The molecule has 0 radical (unpaired) electrons. The molecule has 0 atom stereocenters. The number of hydrazine groups is 1. The smallest absolute Gasteiger partial charge is 0.152 e. The van der Waals surface area contributed by atoms with Crippen LogP contribution in [-0.2, 0) is 12.8 Å². The Hall–Kier alpha value is -1.69. The highest BCUT2D eigenvalue weighted by Gasteiger charge is 2.11. The van der Waals surface area contributed by atoms with Gasteiger partial charge in [0, 0.05) is 16.3 Å². The third-order valence-corrected chi connectivity index (χ3v) is 4.63. The Kier molecular flexibility index (Phi) is 4.05. The lowest BCUT2D eigenvalue weighted by Crippen LogP contribution is -2.10. The van der Waals surface area contributed by atoms with Crippen molar-refractivity contribution in [3.63, 3.8) is 0 Å². The summed E-state index contributed by atoms with van der Waals surface area (Å²) in [5.74, 6) is 7.01. The summed E-state index contributed by atoms with van der Waals surface area (Å²) in [5, 5.41) is 1.70. The minimum atomic E-state index is 0.630. The van der Waals surface area contributed by atoms with E-state index in [2.05, 4.69) is 28.4 Å². The van der Waals surface area contributed by atoms with Crippen LogP contribution in [0.5, 0.6) is 0 Å². The molecule has 6 heteroatoms. The van der Waals surface area contributed by atoms with Crippen LogP contribution in [0, 0.1) is 0 Å². The van der Waals surface area contributed by atoms with Crippen LogP contribution in [0.2, 0.25) is 5.02 Å². The van der Waals surface area contributed by atoms with E-state index in [4.69, 9.17) is 17.4 Å². The lowest BCUT2D eigenvalue weighted by molar-refractivity contribution is 0.993. The summed E-state index contributed by atoms with van der Waals surface area (Å²) in [4.78, 5) is 11.4. The minimum absolute atomic E-state index is 0.630. The van der Waals surface area contributed by atoms with E-state index in [0.29, 0.717) is 12.2 Å². The molecule has 0 spiro atoms. The Bertz CT molecular complexity index is 784. The zero-order valence-electron chi connectivity index (χ0n) is 11.6. The highest BCUT2D eigenvalue weighted by Crippen LogP contribution is 2.29. The van der Waals surface area contributed by atoms with Gasteiger partial charge in [-0.3, -0.25) is 0 Å². The van der Waals surface area contributed by atoms with Gasteiger partial charge in [0.2, 0.25) is 0 Å². The van der Waals surface area contributed by atoms with E-state index in [9.17, 15) is 0 Å². The number of hydrogen-bond acceptors (Lipinski definition) is 5. The van der Waals surface area contributed by atoms with Gasteiger partial charge in [0.25, 0.3) is 0 Å². The summed E-state index contributed by atoms with van der Waals surface area (Å²) in [6.45, 7) is 2.13. The number of aryl methyl sites for hydroxylation is 1. The normalized spacial score (nSPS) is 11.0. The van der Waals surface area contributed by atoms with Crippen molar-refractivity contribution in [2.24, 2.45) is 5.84 Å². The molecule has 1 aromatic carbocycles. The number of benzene rings is 1. The van der Waals surface area contributed by atoms with Gasteiger partial charge in [-0.15, -0.1) is 11.3 Å². The van der Waals surface area contributed by atoms with Crippen LogP contribution < -0.4 is 11.3 Å². The average molecular weight is 319 g/mol. The van der Waals surface area contributed by atoms with E-state index >= 15 is 0 Å². The predicted molar refractivity (Wildman–Crippen MR) is 88.9 cm³/mol. The standard InChI is InChI=1S/C15H15ClN4S/c1-2-11-8-12-14(20-17)18-13(19-15(12)21-11)7-9-4-3-5-10(16)6-9/h3-6,8H,2,7,17H2,1H3,(H,18,19,20). The Labute approximate surface area is 132 Å². The fourth-order valence-electron chi connectivity index (χ4n) is 2.21. The van der Waals surface area contributed by atoms with Crippen molar-refractivity contribution in [2.45, 2.75) is 19.8 Å². The van der Waals surface area contributed by atoms with Gasteiger partial charge in [-0.25, -0.2) is 15.8 Å². The first-order valence-electron chi connectivity index (χ1n) is 6.70. The van der Waals surface area contributed by atoms with E-state index in [1.54, 1.807) is 11.3 Å². The van der Waals surface area contributed by atoms with E-state index < -0.39 is 0 Å². The van der Waals surface area contributed by atoms with Crippen molar-refractivity contribution in [1.82, 2.24) is 9.97 Å². The maximum atomic E-state index is 6.02. The van der Waals surface area contributed by atoms with Crippen LogP contribution in [0.25, 0.3) is 10.2 Å². The highest BCUT2D eigenvalue weighted by molar-refractivity contribution is 7.18. The number of hydrogen-bond donors (Lipinski definition) is 2. The van der Waals surface area contributed by atoms with Gasteiger partial charge in [0.15, 0.2) is 5.82 Å². The molecular weight excluding hydrogens is 304 g/mol. The molecule has 108 valence electrons. The Morgan fingerprint density at radius 2 is 2.14 bits per heavy atom. The predicted octanol–water partition coefficient (Wildman–Crippen LogP) is 3.78. The number of nitrogen functional groups attached to an aromatic ring is 1. The van der Waals surface area contributed by atoms with Crippen LogP contribution in [-0.4, -0.2) is 9.97 Å². The van der Waals surface area contributed by atoms with Gasteiger partial charge < -0.3 is 5.43 Å². The molecule has 2 heterocycles. The molecule has 0 amide bonds. The van der Waals surface area contributed by atoms with Crippen molar-refractivity contribution >= 4 is 39.0 Å². The fraction of sp³-hybridized carbons (Fsp3) is 0.200. The van der Waals surface area contributed by atoms with Crippen LogP contribution in [0.3, 0.4) is 0 Å². The average Bonchev–Trinajstić information content (AvgIpc) is 2.89. The molecule has 0 aliphatic rings. The molecule has 0 fully saturated rings. The number of thiophene rings is 1. The summed E-state index contributed by atoms with van der Waals surface area (Å²) >= 11 is 7.70. The number of halogens is 1. The number of nitrogens with zero attached hydrogens (tertiary/aromatic N) is 2. The first kappa shape index (κ1) is 14.3. The fourth-order valence-corrected chi connectivity index (χ4v) is 3.41. The van der Waals surface area contributed by atoms with Gasteiger partial charge in [-0.1, -0.05) is 30.7 Å². The topological polar surface area (TPSA) is 63.8 Å². The molecule has 0 aliphatic heterocycles. The monoisotopic (exact) mass is 318 g/mol. The maximum Gasteiger partial charge on any atom is 0.152 e. The van der Waals surface area contributed by atoms with E-state index in [1.807, 2.05) is 24.3 Å². The minimum Gasteiger partial charge on any atom is -0.308 e. The van der Waals surface area contributed by atoms with Crippen LogP contribution in [0.15, 0.2) is 30.3 Å². The zero-order valence-corrected chi connectivity index (χ0v) is 13.1. The Morgan fingerprint density at radius 1 is 1.29 bits per heavy atom. The summed E-state index contributed by atoms with van der Waals surface area (Å²) < 4.78 is 0. The second-order valence-corrected chi connectivity index (χ2v) is 6.28. The molecule has 3 N–H and O–H groups in total. The first-order valence-corrected chi connectivity index (χ1v) is 7.89. The number of fused-ring (bicyclic) bond motifs is 1. The molecule has 0 saturated carbocycles. The van der Waals surface area contributed by atoms with Crippen LogP contribution >= 0.6 is 22.9 Å². The largest absolute Gasteiger partial charge is 0.308 e. The molecule has 3 aromatic rings. The molecule has 21 heavy (non-hydrogen) atoms. The van der Waals surface area contributed by atoms with Gasteiger partial charge >= 0.3 is 0 Å². The maximum absolute atomic E-state index is 6.02. The first-order chi connectivity index (χ1) is 10.2. The molecule has 0 saturated heterocycles. The van der Waals surface area contributed by atoms with Crippen molar-refractivity contribution in [3.05, 3.63) is 51.6 Å². The second-order valence-electron chi connectivity index (χ2n) is 4.72. The lowest BCUT2D eigenvalue weighted by atomic mass is 10.1. The van der Waals surface area contributed by atoms with Gasteiger partial charge in [-0.2, -0.15) is 0 Å². The lowest BCUT2D eigenvalue weighted by Gasteiger charge is -2.05. The van der Waals surface area contributed by atoms with E-state index in [-0.39, 0.29) is 0 Å². The Balaban J connectivity index is 2.02.